The maximum absolute atomic E-state index is 3.58. The third-order valence-electron chi connectivity index (χ3n) is 4.10. The average Bonchev–Trinajstić information content (AvgIpc) is 2.82. The fourth-order valence-corrected chi connectivity index (χ4v) is 3.30. The highest BCUT2D eigenvalue weighted by atomic mass is 14.9. The molecule has 0 aromatic rings. The van der Waals surface area contributed by atoms with Crippen molar-refractivity contribution < 1.29 is 0 Å². The van der Waals surface area contributed by atoms with Gasteiger partial charge in [0.1, 0.15) is 0 Å². The summed E-state index contributed by atoms with van der Waals surface area (Å²) < 4.78 is 0. The van der Waals surface area contributed by atoms with Gasteiger partial charge in [-0.3, -0.25) is 0 Å². The van der Waals surface area contributed by atoms with Crippen LogP contribution in [0.5, 0.6) is 0 Å². The van der Waals surface area contributed by atoms with Crippen molar-refractivity contribution in [1.29, 1.82) is 0 Å². The summed E-state index contributed by atoms with van der Waals surface area (Å²) in [6.45, 7) is 8.90. The molecule has 2 saturated carbocycles. The quantitative estimate of drug-likeness (QED) is 0.714. The first-order chi connectivity index (χ1) is 9.08. The van der Waals surface area contributed by atoms with Gasteiger partial charge in [-0.25, -0.2) is 0 Å². The van der Waals surface area contributed by atoms with E-state index < -0.39 is 0 Å². The Labute approximate surface area is 135 Å². The standard InChI is InChI=1S/C9H19N.C8H17N.2CH4/c1-8(2)10-9-6-4-3-5-7-9;1-7(2)9-8-5-3-4-6-8;;/h8-10H,3-7H2,1-2H3;7-9H,3-6H2,1-2H3;2*1H4. The molecule has 2 aliphatic rings. The van der Waals surface area contributed by atoms with Crippen LogP contribution < -0.4 is 10.6 Å². The van der Waals surface area contributed by atoms with Gasteiger partial charge in [-0.1, -0.05) is 74.7 Å². The van der Waals surface area contributed by atoms with Crippen LogP contribution in [0.15, 0.2) is 0 Å². The zero-order valence-corrected chi connectivity index (χ0v) is 13.7. The average molecular weight is 301 g/mol. The third-order valence-corrected chi connectivity index (χ3v) is 4.10. The summed E-state index contributed by atoms with van der Waals surface area (Å²) in [6.07, 6.45) is 12.8. The van der Waals surface area contributed by atoms with E-state index in [0.717, 1.165) is 12.1 Å². The van der Waals surface area contributed by atoms with Crippen molar-refractivity contribution in [2.75, 3.05) is 0 Å². The minimum Gasteiger partial charge on any atom is -0.312 e. The van der Waals surface area contributed by atoms with Crippen LogP contribution in [-0.4, -0.2) is 24.2 Å². The largest absolute Gasteiger partial charge is 0.312 e. The first-order valence-corrected chi connectivity index (χ1v) is 8.60. The smallest absolute Gasteiger partial charge is 0.00694 e. The molecule has 2 fully saturated rings. The molecule has 0 unspecified atom stereocenters. The van der Waals surface area contributed by atoms with Crippen molar-refractivity contribution in [2.45, 2.75) is 125 Å². The van der Waals surface area contributed by atoms with Gasteiger partial charge in [0.2, 0.25) is 0 Å². The van der Waals surface area contributed by atoms with Gasteiger partial charge in [0.05, 0.1) is 0 Å². The SMILES string of the molecule is C.C.CC(C)NC1CCCC1.CC(C)NC1CCCCC1. The maximum Gasteiger partial charge on any atom is 0.00694 e. The molecule has 0 radical (unpaired) electrons. The van der Waals surface area contributed by atoms with Gasteiger partial charge in [0.15, 0.2) is 0 Å². The highest BCUT2D eigenvalue weighted by Crippen LogP contribution is 2.18. The Kier molecular flexibility index (Phi) is 15.0. The molecule has 0 aromatic heterocycles. The highest BCUT2D eigenvalue weighted by Gasteiger charge is 2.14. The van der Waals surface area contributed by atoms with Crippen molar-refractivity contribution in [3.8, 4) is 0 Å². The molecule has 0 spiro atoms. The summed E-state index contributed by atoms with van der Waals surface area (Å²) in [5.74, 6) is 0. The van der Waals surface area contributed by atoms with Gasteiger partial charge >= 0.3 is 0 Å². The second kappa shape index (κ2) is 13.6. The molecule has 2 aliphatic carbocycles. The topological polar surface area (TPSA) is 24.1 Å². The van der Waals surface area contributed by atoms with E-state index in [4.69, 9.17) is 0 Å². The second-order valence-corrected chi connectivity index (χ2v) is 6.96. The summed E-state index contributed by atoms with van der Waals surface area (Å²) in [5.41, 5.74) is 0. The lowest BCUT2D eigenvalue weighted by molar-refractivity contribution is 0.352. The Morgan fingerprint density at radius 3 is 1.14 bits per heavy atom. The first-order valence-electron chi connectivity index (χ1n) is 8.60. The normalized spacial score (nSPS) is 19.7. The van der Waals surface area contributed by atoms with E-state index in [0.29, 0.717) is 12.1 Å². The van der Waals surface area contributed by atoms with Gasteiger partial charge in [-0.15, -0.1) is 0 Å². The fourth-order valence-electron chi connectivity index (χ4n) is 3.30. The molecule has 0 atom stereocenters. The predicted octanol–water partition coefficient (Wildman–Crippen LogP) is 5.52. The Bertz CT molecular complexity index is 202. The molecule has 0 aliphatic heterocycles. The molecule has 130 valence electrons. The monoisotopic (exact) mass is 300 g/mol. The van der Waals surface area contributed by atoms with E-state index in [1.165, 1.54) is 57.8 Å². The fraction of sp³-hybridized carbons (Fsp3) is 1.00. The molecule has 2 rings (SSSR count). The zero-order valence-electron chi connectivity index (χ0n) is 13.7. The first kappa shape index (κ1) is 23.2. The molecule has 2 N–H and O–H groups in total. The van der Waals surface area contributed by atoms with Crippen LogP contribution in [0.4, 0.5) is 0 Å². The van der Waals surface area contributed by atoms with Gasteiger partial charge in [0, 0.05) is 24.2 Å². The lowest BCUT2D eigenvalue weighted by atomic mass is 9.95. The van der Waals surface area contributed by atoms with Gasteiger partial charge in [0.25, 0.3) is 0 Å². The molecule has 21 heavy (non-hydrogen) atoms. The summed E-state index contributed by atoms with van der Waals surface area (Å²) in [5, 5.41) is 7.12. The maximum atomic E-state index is 3.58. The van der Waals surface area contributed by atoms with Crippen LogP contribution in [0.2, 0.25) is 0 Å². The van der Waals surface area contributed by atoms with E-state index in [9.17, 15) is 0 Å². The van der Waals surface area contributed by atoms with Crippen molar-refractivity contribution in [3.63, 3.8) is 0 Å². The van der Waals surface area contributed by atoms with Crippen molar-refractivity contribution >= 4 is 0 Å². The van der Waals surface area contributed by atoms with Crippen molar-refractivity contribution in [1.82, 2.24) is 10.6 Å². The lowest BCUT2D eigenvalue weighted by Crippen LogP contribution is -2.35. The Morgan fingerprint density at radius 1 is 0.571 bits per heavy atom. The van der Waals surface area contributed by atoms with Crippen LogP contribution in [0.1, 0.15) is 100 Å². The summed E-state index contributed by atoms with van der Waals surface area (Å²) in [4.78, 5) is 0. The zero-order chi connectivity index (χ0) is 14.1. The van der Waals surface area contributed by atoms with Crippen LogP contribution in [0.25, 0.3) is 0 Å². The minimum absolute atomic E-state index is 0. The van der Waals surface area contributed by atoms with E-state index in [2.05, 4.69) is 38.3 Å². The Hall–Kier alpha value is -0.0800. The van der Waals surface area contributed by atoms with E-state index in [1.54, 1.807) is 0 Å². The molecular formula is C19H44N2. The van der Waals surface area contributed by atoms with E-state index >= 15 is 0 Å². The molecule has 2 heteroatoms. The van der Waals surface area contributed by atoms with E-state index in [-0.39, 0.29) is 14.9 Å². The molecule has 0 bridgehead atoms. The molecule has 0 amide bonds. The lowest BCUT2D eigenvalue weighted by Gasteiger charge is -2.24. The van der Waals surface area contributed by atoms with Crippen LogP contribution in [0, 0.1) is 0 Å². The number of rotatable bonds is 4. The van der Waals surface area contributed by atoms with Gasteiger partial charge in [-0.2, -0.15) is 0 Å². The second-order valence-electron chi connectivity index (χ2n) is 6.96. The molecule has 2 nitrogen and oxygen atoms in total. The number of nitrogens with one attached hydrogen (secondary N) is 2. The molecule has 0 heterocycles. The van der Waals surface area contributed by atoms with Gasteiger partial charge in [-0.05, 0) is 25.7 Å². The summed E-state index contributed by atoms with van der Waals surface area (Å²) >= 11 is 0. The number of hydrogen-bond donors (Lipinski definition) is 2. The third kappa shape index (κ3) is 12.2. The van der Waals surface area contributed by atoms with E-state index in [1.807, 2.05) is 0 Å². The number of hydrogen-bond acceptors (Lipinski definition) is 2. The Morgan fingerprint density at radius 2 is 0.857 bits per heavy atom. The van der Waals surface area contributed by atoms with Crippen LogP contribution in [0.3, 0.4) is 0 Å². The molecule has 0 saturated heterocycles. The Balaban J connectivity index is 0. The molecule has 0 aromatic carbocycles. The van der Waals surface area contributed by atoms with Crippen LogP contribution >= 0.6 is 0 Å². The van der Waals surface area contributed by atoms with Crippen molar-refractivity contribution in [3.05, 3.63) is 0 Å². The highest BCUT2D eigenvalue weighted by molar-refractivity contribution is 4.75. The van der Waals surface area contributed by atoms with Crippen molar-refractivity contribution in [2.24, 2.45) is 0 Å². The molecular weight excluding hydrogens is 256 g/mol. The summed E-state index contributed by atoms with van der Waals surface area (Å²) in [7, 11) is 0. The summed E-state index contributed by atoms with van der Waals surface area (Å²) in [6, 6.07) is 3.01. The predicted molar refractivity (Wildman–Crippen MR) is 99.1 cm³/mol. The van der Waals surface area contributed by atoms with Gasteiger partial charge < -0.3 is 10.6 Å². The van der Waals surface area contributed by atoms with Crippen LogP contribution in [-0.2, 0) is 0 Å². The minimum atomic E-state index is 0.